The second kappa shape index (κ2) is 5.96. The van der Waals surface area contributed by atoms with Gasteiger partial charge in [-0.25, -0.2) is 8.42 Å². The van der Waals surface area contributed by atoms with E-state index in [2.05, 4.69) is 9.71 Å². The van der Waals surface area contributed by atoms with E-state index in [-0.39, 0.29) is 4.90 Å². The molecule has 1 heterocycles. The summed E-state index contributed by atoms with van der Waals surface area (Å²) < 4.78 is 32.8. The number of aryl methyl sites for hydroxylation is 1. The zero-order valence-electron chi connectivity index (χ0n) is 13.0. The molecule has 0 atom stereocenters. The average Bonchev–Trinajstić information content (AvgIpc) is 2.87. The Labute approximate surface area is 135 Å². The van der Waals surface area contributed by atoms with Crippen LogP contribution in [0.3, 0.4) is 0 Å². The van der Waals surface area contributed by atoms with Crippen molar-refractivity contribution in [3.8, 4) is 5.75 Å². The Balaban J connectivity index is 1.86. The summed E-state index contributed by atoms with van der Waals surface area (Å²) in [5.74, 6) is 0.649. The van der Waals surface area contributed by atoms with Crippen LogP contribution in [0, 0.1) is 6.92 Å². The molecule has 0 spiro atoms. The van der Waals surface area contributed by atoms with E-state index < -0.39 is 10.0 Å². The van der Waals surface area contributed by atoms with Crippen LogP contribution in [0.4, 0.5) is 5.69 Å². The molecule has 23 heavy (non-hydrogen) atoms. The van der Waals surface area contributed by atoms with Crippen molar-refractivity contribution in [2.45, 2.75) is 18.7 Å². The van der Waals surface area contributed by atoms with Crippen molar-refractivity contribution in [1.29, 1.82) is 0 Å². The van der Waals surface area contributed by atoms with Crippen molar-refractivity contribution in [2.24, 2.45) is 0 Å². The predicted octanol–water partition coefficient (Wildman–Crippen LogP) is 3.68. The van der Waals surface area contributed by atoms with E-state index in [4.69, 9.17) is 4.74 Å². The molecule has 0 saturated heterocycles. The third kappa shape index (κ3) is 3.32. The molecule has 1 aromatic heterocycles. The SMILES string of the molecule is CCOc1ccc(S(=O)(=O)Nc2ccc3[nH]c(C)cc3c2)cc1. The topological polar surface area (TPSA) is 71.2 Å². The molecule has 0 unspecified atom stereocenters. The van der Waals surface area contributed by atoms with E-state index in [0.717, 1.165) is 16.6 Å². The van der Waals surface area contributed by atoms with Gasteiger partial charge in [0, 0.05) is 22.3 Å². The van der Waals surface area contributed by atoms with Crippen LogP contribution in [-0.2, 0) is 10.0 Å². The fourth-order valence-corrected chi connectivity index (χ4v) is 3.49. The quantitative estimate of drug-likeness (QED) is 0.750. The Morgan fingerprint density at radius 2 is 1.83 bits per heavy atom. The number of hydrogen-bond acceptors (Lipinski definition) is 3. The highest BCUT2D eigenvalue weighted by Gasteiger charge is 2.14. The Kier molecular flexibility index (Phi) is 4.00. The van der Waals surface area contributed by atoms with E-state index in [1.54, 1.807) is 18.2 Å². The molecular weight excluding hydrogens is 312 g/mol. The normalized spacial score (nSPS) is 11.6. The van der Waals surface area contributed by atoms with Crippen molar-refractivity contribution in [1.82, 2.24) is 4.98 Å². The first kappa shape index (κ1) is 15.4. The molecule has 0 aliphatic carbocycles. The first-order valence-corrected chi connectivity index (χ1v) is 8.81. The van der Waals surface area contributed by atoms with Gasteiger partial charge in [0.1, 0.15) is 5.75 Å². The van der Waals surface area contributed by atoms with Gasteiger partial charge in [0.2, 0.25) is 0 Å². The third-order valence-electron chi connectivity index (χ3n) is 3.45. The van der Waals surface area contributed by atoms with Gasteiger partial charge in [-0.3, -0.25) is 4.72 Å². The molecule has 0 aliphatic heterocycles. The maximum Gasteiger partial charge on any atom is 0.261 e. The van der Waals surface area contributed by atoms with Crippen LogP contribution in [0.5, 0.6) is 5.75 Å². The number of aromatic nitrogens is 1. The van der Waals surface area contributed by atoms with Crippen molar-refractivity contribution >= 4 is 26.6 Å². The van der Waals surface area contributed by atoms with Crippen molar-refractivity contribution in [3.05, 3.63) is 54.2 Å². The van der Waals surface area contributed by atoms with Crippen LogP contribution < -0.4 is 9.46 Å². The molecule has 3 aromatic rings. The smallest absolute Gasteiger partial charge is 0.261 e. The van der Waals surface area contributed by atoms with Crippen LogP contribution in [0.1, 0.15) is 12.6 Å². The number of H-pyrrole nitrogens is 1. The zero-order chi connectivity index (χ0) is 16.4. The van der Waals surface area contributed by atoms with E-state index in [1.165, 1.54) is 12.1 Å². The Hall–Kier alpha value is -2.47. The van der Waals surface area contributed by atoms with Gasteiger partial charge in [-0.2, -0.15) is 0 Å². The molecule has 0 bridgehead atoms. The molecule has 0 aliphatic rings. The van der Waals surface area contributed by atoms with E-state index in [9.17, 15) is 8.42 Å². The van der Waals surface area contributed by atoms with Gasteiger partial charge in [0.25, 0.3) is 10.0 Å². The molecule has 2 N–H and O–H groups in total. The minimum atomic E-state index is -3.62. The molecule has 0 radical (unpaired) electrons. The maximum absolute atomic E-state index is 12.5. The number of rotatable bonds is 5. The van der Waals surface area contributed by atoms with Gasteiger partial charge in [0.15, 0.2) is 0 Å². The minimum Gasteiger partial charge on any atom is -0.494 e. The molecule has 6 heteroatoms. The summed E-state index contributed by atoms with van der Waals surface area (Å²) in [7, 11) is -3.62. The van der Waals surface area contributed by atoms with Crippen LogP contribution in [0.15, 0.2) is 53.4 Å². The molecule has 0 fully saturated rings. The van der Waals surface area contributed by atoms with E-state index in [0.29, 0.717) is 18.0 Å². The zero-order valence-corrected chi connectivity index (χ0v) is 13.8. The summed E-state index contributed by atoms with van der Waals surface area (Å²) in [6, 6.07) is 13.8. The second-order valence-corrected chi connectivity index (χ2v) is 6.95. The number of ether oxygens (including phenoxy) is 1. The number of benzene rings is 2. The lowest BCUT2D eigenvalue weighted by atomic mass is 10.2. The van der Waals surface area contributed by atoms with Crippen molar-refractivity contribution < 1.29 is 13.2 Å². The largest absolute Gasteiger partial charge is 0.494 e. The van der Waals surface area contributed by atoms with Gasteiger partial charge in [-0.05, 0) is 62.4 Å². The van der Waals surface area contributed by atoms with Gasteiger partial charge < -0.3 is 9.72 Å². The van der Waals surface area contributed by atoms with Gasteiger partial charge in [-0.15, -0.1) is 0 Å². The van der Waals surface area contributed by atoms with Crippen molar-refractivity contribution in [2.75, 3.05) is 11.3 Å². The van der Waals surface area contributed by atoms with Crippen LogP contribution in [0.25, 0.3) is 10.9 Å². The minimum absolute atomic E-state index is 0.200. The number of aromatic amines is 1. The monoisotopic (exact) mass is 330 g/mol. The van der Waals surface area contributed by atoms with E-state index >= 15 is 0 Å². The molecule has 2 aromatic carbocycles. The number of anilines is 1. The Morgan fingerprint density at radius 3 is 2.52 bits per heavy atom. The number of fused-ring (bicyclic) bond motifs is 1. The molecule has 3 rings (SSSR count). The molecule has 120 valence electrons. The number of nitrogens with one attached hydrogen (secondary N) is 2. The Bertz CT molecular complexity index is 928. The number of sulfonamides is 1. The summed E-state index contributed by atoms with van der Waals surface area (Å²) in [5, 5.41) is 0.967. The molecular formula is C17H18N2O3S. The van der Waals surface area contributed by atoms with Gasteiger partial charge in [-0.1, -0.05) is 0 Å². The Morgan fingerprint density at radius 1 is 1.09 bits per heavy atom. The van der Waals surface area contributed by atoms with Crippen LogP contribution >= 0.6 is 0 Å². The number of hydrogen-bond donors (Lipinski definition) is 2. The van der Waals surface area contributed by atoms with Gasteiger partial charge >= 0.3 is 0 Å². The van der Waals surface area contributed by atoms with E-state index in [1.807, 2.05) is 32.0 Å². The summed E-state index contributed by atoms with van der Waals surface area (Å²) in [6.45, 7) is 4.38. The third-order valence-corrected chi connectivity index (χ3v) is 4.85. The summed E-state index contributed by atoms with van der Waals surface area (Å²) in [4.78, 5) is 3.41. The first-order valence-electron chi connectivity index (χ1n) is 7.33. The lowest BCUT2D eigenvalue weighted by Crippen LogP contribution is -2.12. The second-order valence-electron chi connectivity index (χ2n) is 5.26. The fraction of sp³-hybridized carbons (Fsp3) is 0.176. The van der Waals surface area contributed by atoms with Crippen LogP contribution in [-0.4, -0.2) is 20.0 Å². The summed E-state index contributed by atoms with van der Waals surface area (Å²) >= 11 is 0. The summed E-state index contributed by atoms with van der Waals surface area (Å²) in [5.41, 5.74) is 2.54. The highest BCUT2D eigenvalue weighted by atomic mass is 32.2. The lowest BCUT2D eigenvalue weighted by molar-refractivity contribution is 0.340. The molecule has 5 nitrogen and oxygen atoms in total. The average molecular weight is 330 g/mol. The van der Waals surface area contributed by atoms with Crippen molar-refractivity contribution in [3.63, 3.8) is 0 Å². The molecule has 0 saturated carbocycles. The standard InChI is InChI=1S/C17H18N2O3S/c1-3-22-15-5-7-16(8-6-15)23(20,21)19-14-4-9-17-13(11-14)10-12(2)18-17/h4-11,18-19H,3H2,1-2H3. The molecule has 0 amide bonds. The van der Waals surface area contributed by atoms with Crippen LogP contribution in [0.2, 0.25) is 0 Å². The lowest BCUT2D eigenvalue weighted by Gasteiger charge is -2.09. The highest BCUT2D eigenvalue weighted by Crippen LogP contribution is 2.23. The highest BCUT2D eigenvalue weighted by molar-refractivity contribution is 7.92. The maximum atomic E-state index is 12.5. The first-order chi connectivity index (χ1) is 11.0. The summed E-state index contributed by atoms with van der Waals surface area (Å²) in [6.07, 6.45) is 0. The fourth-order valence-electron chi connectivity index (χ4n) is 2.44. The predicted molar refractivity (Wildman–Crippen MR) is 91.5 cm³/mol. The van der Waals surface area contributed by atoms with Gasteiger partial charge in [0.05, 0.1) is 11.5 Å².